The van der Waals surface area contributed by atoms with Gasteiger partial charge in [-0.2, -0.15) is 0 Å². The van der Waals surface area contributed by atoms with Crippen LogP contribution in [0.25, 0.3) is 10.8 Å². The first-order valence-corrected chi connectivity index (χ1v) is 9.81. The van der Waals surface area contributed by atoms with Crippen LogP contribution in [0.15, 0.2) is 36.4 Å². The highest BCUT2D eigenvalue weighted by atomic mass is 17.0. The summed E-state index contributed by atoms with van der Waals surface area (Å²) in [6.07, 6.45) is -4.40. The van der Waals surface area contributed by atoms with Crippen molar-refractivity contribution in [2.24, 2.45) is 0 Å². The number of ether oxygens (including phenoxy) is 5. The van der Waals surface area contributed by atoms with Gasteiger partial charge in [0, 0.05) is 0 Å². The fraction of sp³-hybridized carbons (Fsp3) is 0.429. The van der Waals surface area contributed by atoms with Crippen molar-refractivity contribution in [3.05, 3.63) is 52.1 Å². The maximum Gasteiger partial charge on any atom is 0.510 e. The first-order valence-electron chi connectivity index (χ1n) is 9.81. The number of hydrogen-bond donors (Lipinski definition) is 0. The predicted molar refractivity (Wildman–Crippen MR) is 109 cm³/mol. The summed E-state index contributed by atoms with van der Waals surface area (Å²) in [7, 11) is 1.60. The van der Waals surface area contributed by atoms with Gasteiger partial charge in [0.15, 0.2) is 12.2 Å². The van der Waals surface area contributed by atoms with Gasteiger partial charge in [-0.25, -0.2) is 4.79 Å². The van der Waals surface area contributed by atoms with Crippen LogP contribution in [0.1, 0.15) is 25.3 Å². The van der Waals surface area contributed by atoms with Crippen LogP contribution < -0.4 is 4.74 Å². The van der Waals surface area contributed by atoms with E-state index in [1.54, 1.807) is 14.0 Å². The lowest BCUT2D eigenvalue weighted by molar-refractivity contribution is -0.777. The Morgan fingerprint density at radius 1 is 1.06 bits per heavy atom. The van der Waals surface area contributed by atoms with Crippen LogP contribution in [0.3, 0.4) is 0 Å². The van der Waals surface area contributed by atoms with Crippen LogP contribution in [0.4, 0.5) is 4.79 Å². The Labute approximate surface area is 183 Å². The highest BCUT2D eigenvalue weighted by molar-refractivity contribution is 5.86. The van der Waals surface area contributed by atoms with Gasteiger partial charge in [-0.05, 0) is 42.3 Å². The third-order valence-electron chi connectivity index (χ3n) is 4.92. The van der Waals surface area contributed by atoms with Gasteiger partial charge in [-0.1, -0.05) is 24.3 Å². The maximum atomic E-state index is 12.7. The lowest BCUT2D eigenvalue weighted by atomic mass is 9.97. The molecule has 3 rings (SSSR count). The molecule has 3 unspecified atom stereocenters. The lowest BCUT2D eigenvalue weighted by Gasteiger charge is -2.21. The van der Waals surface area contributed by atoms with E-state index in [2.05, 4.69) is 9.57 Å². The predicted octanol–water partition coefficient (Wildman–Crippen LogP) is 2.97. The first-order chi connectivity index (χ1) is 15.3. The standard InChI is InChI=1S/C21H23NO10/c1-12(14-4-5-16-9-17(27-3)7-6-15(16)8-14)20(23)30-18-10-28-11-19(18)31-21(24)29-13(2)32-22(25)26/h4-9,12-13,18-19H,10-11H2,1-3H3/t12-,13?,18?,19?/m0/s1. The molecule has 11 heteroatoms. The molecule has 2 aromatic carbocycles. The second-order valence-corrected chi connectivity index (χ2v) is 7.13. The zero-order valence-corrected chi connectivity index (χ0v) is 17.7. The van der Waals surface area contributed by atoms with Crippen LogP contribution >= 0.6 is 0 Å². The molecular weight excluding hydrogens is 426 g/mol. The van der Waals surface area contributed by atoms with E-state index in [4.69, 9.17) is 18.9 Å². The average Bonchev–Trinajstić information content (AvgIpc) is 3.17. The number of carbonyl (C=O) groups excluding carboxylic acids is 2. The number of nitrogens with zero attached hydrogens (tertiary/aromatic N) is 1. The molecule has 0 N–H and O–H groups in total. The van der Waals surface area contributed by atoms with E-state index >= 15 is 0 Å². The third-order valence-corrected chi connectivity index (χ3v) is 4.92. The van der Waals surface area contributed by atoms with E-state index in [0.717, 1.165) is 29.0 Å². The number of rotatable bonds is 8. The van der Waals surface area contributed by atoms with Gasteiger partial charge < -0.3 is 23.7 Å². The number of esters is 1. The largest absolute Gasteiger partial charge is 0.510 e. The molecule has 0 radical (unpaired) electrons. The summed E-state index contributed by atoms with van der Waals surface area (Å²) in [5.74, 6) is -0.355. The van der Waals surface area contributed by atoms with E-state index in [1.165, 1.54) is 0 Å². The molecule has 1 heterocycles. The SMILES string of the molecule is COc1ccc2cc([C@H](C)C(=O)OC3COCC3OC(=O)OC(C)O[N+](=O)[O-])ccc2c1. The van der Waals surface area contributed by atoms with Crippen molar-refractivity contribution in [2.75, 3.05) is 20.3 Å². The summed E-state index contributed by atoms with van der Waals surface area (Å²) in [6, 6.07) is 11.3. The molecule has 1 aliphatic rings. The molecule has 1 fully saturated rings. The van der Waals surface area contributed by atoms with Crippen LogP contribution in [0.5, 0.6) is 5.75 Å². The van der Waals surface area contributed by atoms with Gasteiger partial charge in [-0.15, -0.1) is 10.1 Å². The summed E-state index contributed by atoms with van der Waals surface area (Å²) in [5, 5.41) is 11.1. The number of carbonyl (C=O) groups is 2. The Morgan fingerprint density at radius 2 is 1.72 bits per heavy atom. The second kappa shape index (κ2) is 10.1. The molecule has 0 saturated carbocycles. The number of benzene rings is 2. The van der Waals surface area contributed by atoms with Crippen molar-refractivity contribution in [3.8, 4) is 5.75 Å². The quantitative estimate of drug-likeness (QED) is 0.256. The minimum Gasteiger partial charge on any atom is -0.497 e. The molecule has 172 valence electrons. The van der Waals surface area contributed by atoms with Gasteiger partial charge in [0.25, 0.3) is 5.09 Å². The van der Waals surface area contributed by atoms with Crippen LogP contribution in [-0.2, 0) is 28.6 Å². The summed E-state index contributed by atoms with van der Waals surface area (Å²) in [6.45, 7) is 2.90. The number of fused-ring (bicyclic) bond motifs is 1. The Morgan fingerprint density at radius 3 is 2.41 bits per heavy atom. The van der Waals surface area contributed by atoms with E-state index in [-0.39, 0.29) is 13.2 Å². The molecule has 2 aromatic rings. The summed E-state index contributed by atoms with van der Waals surface area (Å²) < 4.78 is 25.7. The van der Waals surface area contributed by atoms with Crippen molar-refractivity contribution in [1.29, 1.82) is 0 Å². The summed E-state index contributed by atoms with van der Waals surface area (Å²) in [5.41, 5.74) is 0.759. The average molecular weight is 449 g/mol. The minimum absolute atomic E-state index is 0.0102. The Hall–Kier alpha value is -3.60. The molecule has 11 nitrogen and oxygen atoms in total. The fourth-order valence-corrected chi connectivity index (χ4v) is 3.19. The van der Waals surface area contributed by atoms with Gasteiger partial charge >= 0.3 is 12.1 Å². The first kappa shape index (κ1) is 23.1. The third kappa shape index (κ3) is 5.76. The highest BCUT2D eigenvalue weighted by Gasteiger charge is 2.36. The minimum atomic E-state index is -1.45. The van der Waals surface area contributed by atoms with Crippen molar-refractivity contribution in [2.45, 2.75) is 38.3 Å². The van der Waals surface area contributed by atoms with Gasteiger partial charge in [0.1, 0.15) is 5.75 Å². The van der Waals surface area contributed by atoms with Crippen molar-refractivity contribution < 1.29 is 43.2 Å². The zero-order valence-electron chi connectivity index (χ0n) is 17.7. The summed E-state index contributed by atoms with van der Waals surface area (Å²) in [4.78, 5) is 38.8. The fourth-order valence-electron chi connectivity index (χ4n) is 3.19. The number of hydrogen-bond acceptors (Lipinski definition) is 10. The van der Waals surface area contributed by atoms with E-state index < -0.39 is 41.6 Å². The molecule has 0 aromatic heterocycles. The topological polar surface area (TPSA) is 133 Å². The number of methoxy groups -OCH3 is 1. The molecule has 0 spiro atoms. The van der Waals surface area contributed by atoms with E-state index in [1.807, 2.05) is 36.4 Å². The van der Waals surface area contributed by atoms with Crippen LogP contribution in [-0.4, -0.2) is 56.0 Å². The molecule has 0 aliphatic carbocycles. The zero-order chi connectivity index (χ0) is 23.3. The Balaban J connectivity index is 1.59. The van der Waals surface area contributed by atoms with Gasteiger partial charge in [0.2, 0.25) is 6.29 Å². The Kier molecular flexibility index (Phi) is 7.31. The van der Waals surface area contributed by atoms with Crippen LogP contribution in [0.2, 0.25) is 0 Å². The Bertz CT molecular complexity index is 994. The summed E-state index contributed by atoms with van der Waals surface area (Å²) >= 11 is 0. The molecular formula is C21H23NO10. The van der Waals surface area contributed by atoms with Gasteiger partial charge in [0.05, 0.1) is 26.2 Å². The van der Waals surface area contributed by atoms with Crippen LogP contribution in [0, 0.1) is 10.1 Å². The van der Waals surface area contributed by atoms with Crippen molar-refractivity contribution in [1.82, 2.24) is 0 Å². The second-order valence-electron chi connectivity index (χ2n) is 7.13. The molecule has 4 atom stereocenters. The highest BCUT2D eigenvalue weighted by Crippen LogP contribution is 2.27. The molecule has 0 amide bonds. The monoisotopic (exact) mass is 449 g/mol. The van der Waals surface area contributed by atoms with E-state index in [9.17, 15) is 19.7 Å². The molecule has 1 saturated heterocycles. The smallest absolute Gasteiger partial charge is 0.497 e. The molecule has 1 aliphatic heterocycles. The molecule has 0 bridgehead atoms. The molecule has 32 heavy (non-hydrogen) atoms. The van der Waals surface area contributed by atoms with Crippen molar-refractivity contribution >= 4 is 22.9 Å². The maximum absolute atomic E-state index is 12.7. The normalized spacial score (nSPS) is 19.6. The van der Waals surface area contributed by atoms with E-state index in [0.29, 0.717) is 0 Å². The lowest BCUT2D eigenvalue weighted by Crippen LogP contribution is -2.36. The van der Waals surface area contributed by atoms with Crippen molar-refractivity contribution in [3.63, 3.8) is 0 Å². The van der Waals surface area contributed by atoms with Gasteiger partial charge in [-0.3, -0.25) is 9.63 Å².